The van der Waals surface area contributed by atoms with Gasteiger partial charge in [-0.05, 0) is 32.9 Å². The number of carbonyl (C=O) groups excluding carboxylic acids is 1. The highest BCUT2D eigenvalue weighted by Gasteiger charge is 2.14. The Morgan fingerprint density at radius 3 is 2.61 bits per heavy atom. The van der Waals surface area contributed by atoms with Crippen LogP contribution in [-0.2, 0) is 13.1 Å². The molecule has 3 rings (SSSR count). The quantitative estimate of drug-likeness (QED) is 0.794. The molecule has 2 heterocycles. The van der Waals surface area contributed by atoms with Crippen LogP contribution in [0.25, 0.3) is 11.0 Å². The lowest BCUT2D eigenvalue weighted by atomic mass is 10.2. The van der Waals surface area contributed by atoms with Crippen LogP contribution in [0.15, 0.2) is 24.3 Å². The van der Waals surface area contributed by atoms with E-state index in [1.54, 1.807) is 6.07 Å². The van der Waals surface area contributed by atoms with Gasteiger partial charge in [-0.15, -0.1) is 10.2 Å². The SMILES string of the molecule is CCn1nc(C)c(CNC(=O)c2nnc3ccccc3n2)c1C. The lowest BCUT2D eigenvalue weighted by Gasteiger charge is -2.05. The molecule has 1 amide bonds. The molecule has 0 fully saturated rings. The number of rotatable bonds is 4. The Bertz CT molecular complexity index is 870. The molecular formula is C16H18N6O. The largest absolute Gasteiger partial charge is 0.345 e. The number of hydrogen-bond acceptors (Lipinski definition) is 5. The first-order chi connectivity index (χ1) is 11.1. The number of fused-ring (bicyclic) bond motifs is 1. The van der Waals surface area contributed by atoms with Crippen LogP contribution < -0.4 is 5.32 Å². The van der Waals surface area contributed by atoms with Crippen molar-refractivity contribution in [1.82, 2.24) is 30.3 Å². The number of carbonyl (C=O) groups is 1. The second-order valence-electron chi connectivity index (χ2n) is 5.27. The summed E-state index contributed by atoms with van der Waals surface area (Å²) in [5.74, 6) is -0.270. The molecule has 0 aliphatic carbocycles. The second-order valence-corrected chi connectivity index (χ2v) is 5.27. The van der Waals surface area contributed by atoms with Crippen LogP contribution >= 0.6 is 0 Å². The molecule has 1 N–H and O–H groups in total. The summed E-state index contributed by atoms with van der Waals surface area (Å²) >= 11 is 0. The number of aromatic nitrogens is 5. The Morgan fingerprint density at radius 1 is 1.17 bits per heavy atom. The fraction of sp³-hybridized carbons (Fsp3) is 0.312. The minimum atomic E-state index is -0.341. The van der Waals surface area contributed by atoms with Gasteiger partial charge in [0.1, 0.15) is 5.52 Å². The molecular weight excluding hydrogens is 292 g/mol. The van der Waals surface area contributed by atoms with Crippen LogP contribution in [0.5, 0.6) is 0 Å². The Hall–Kier alpha value is -2.83. The molecule has 0 saturated heterocycles. The van der Waals surface area contributed by atoms with E-state index in [9.17, 15) is 4.79 Å². The molecule has 0 bridgehead atoms. The zero-order valence-electron chi connectivity index (χ0n) is 13.4. The van der Waals surface area contributed by atoms with Crippen molar-refractivity contribution in [3.63, 3.8) is 0 Å². The molecule has 23 heavy (non-hydrogen) atoms. The summed E-state index contributed by atoms with van der Waals surface area (Å²) in [6, 6.07) is 7.32. The summed E-state index contributed by atoms with van der Waals surface area (Å²) in [5, 5.41) is 15.2. The minimum Gasteiger partial charge on any atom is -0.345 e. The van der Waals surface area contributed by atoms with E-state index in [0.717, 1.165) is 23.5 Å². The van der Waals surface area contributed by atoms with E-state index in [0.29, 0.717) is 17.6 Å². The monoisotopic (exact) mass is 310 g/mol. The van der Waals surface area contributed by atoms with Gasteiger partial charge in [0.2, 0.25) is 5.82 Å². The molecule has 0 aliphatic heterocycles. The molecule has 7 nitrogen and oxygen atoms in total. The van der Waals surface area contributed by atoms with Crippen molar-refractivity contribution in [2.45, 2.75) is 33.9 Å². The molecule has 3 aromatic rings. The number of nitrogens with one attached hydrogen (secondary N) is 1. The first kappa shape index (κ1) is 15.1. The number of amides is 1. The Labute approximate surface area is 133 Å². The van der Waals surface area contributed by atoms with Crippen LogP contribution in [0.1, 0.15) is 34.5 Å². The molecule has 0 spiro atoms. The maximum atomic E-state index is 12.3. The average Bonchev–Trinajstić information content (AvgIpc) is 2.85. The van der Waals surface area contributed by atoms with Gasteiger partial charge >= 0.3 is 0 Å². The van der Waals surface area contributed by atoms with Crippen molar-refractivity contribution in [2.24, 2.45) is 0 Å². The highest BCUT2D eigenvalue weighted by molar-refractivity contribution is 5.91. The van der Waals surface area contributed by atoms with Gasteiger partial charge in [-0.3, -0.25) is 9.48 Å². The summed E-state index contributed by atoms with van der Waals surface area (Å²) in [6.07, 6.45) is 0. The van der Waals surface area contributed by atoms with Crippen molar-refractivity contribution >= 4 is 16.9 Å². The Balaban J connectivity index is 1.77. The van der Waals surface area contributed by atoms with Crippen LogP contribution in [0.2, 0.25) is 0 Å². The van der Waals surface area contributed by atoms with Crippen LogP contribution in [0.3, 0.4) is 0 Å². The topological polar surface area (TPSA) is 85.6 Å². The van der Waals surface area contributed by atoms with E-state index < -0.39 is 0 Å². The number of para-hydroxylation sites is 1. The fourth-order valence-electron chi connectivity index (χ4n) is 2.52. The summed E-state index contributed by atoms with van der Waals surface area (Å²) in [4.78, 5) is 16.5. The van der Waals surface area contributed by atoms with Gasteiger partial charge < -0.3 is 5.32 Å². The molecule has 1 aromatic carbocycles. The number of benzene rings is 1. The normalized spacial score (nSPS) is 10.9. The summed E-state index contributed by atoms with van der Waals surface area (Å²) in [5.41, 5.74) is 4.32. The summed E-state index contributed by atoms with van der Waals surface area (Å²) < 4.78 is 1.92. The molecule has 0 unspecified atom stereocenters. The predicted molar refractivity (Wildman–Crippen MR) is 85.9 cm³/mol. The van der Waals surface area contributed by atoms with Crippen LogP contribution in [0, 0.1) is 13.8 Å². The maximum Gasteiger partial charge on any atom is 0.291 e. The molecule has 2 aromatic heterocycles. The van der Waals surface area contributed by atoms with E-state index in [1.807, 2.05) is 43.7 Å². The van der Waals surface area contributed by atoms with Gasteiger partial charge in [0.05, 0.1) is 11.2 Å². The van der Waals surface area contributed by atoms with Gasteiger partial charge in [-0.1, -0.05) is 12.1 Å². The van der Waals surface area contributed by atoms with Gasteiger partial charge in [-0.25, -0.2) is 4.98 Å². The maximum absolute atomic E-state index is 12.3. The van der Waals surface area contributed by atoms with E-state index in [4.69, 9.17) is 0 Å². The standard InChI is InChI=1S/C16H18N6O/c1-4-22-11(3)12(10(2)21-22)9-17-16(23)15-18-13-7-5-6-8-14(13)19-20-15/h5-8H,4,9H2,1-3H3,(H,17,23). The third kappa shape index (κ3) is 2.90. The van der Waals surface area contributed by atoms with Crippen molar-refractivity contribution in [3.05, 3.63) is 47.0 Å². The van der Waals surface area contributed by atoms with Crippen molar-refractivity contribution in [2.75, 3.05) is 0 Å². The molecule has 7 heteroatoms. The fourth-order valence-corrected chi connectivity index (χ4v) is 2.52. The summed E-state index contributed by atoms with van der Waals surface area (Å²) in [7, 11) is 0. The molecule has 118 valence electrons. The smallest absolute Gasteiger partial charge is 0.291 e. The zero-order valence-corrected chi connectivity index (χ0v) is 13.4. The summed E-state index contributed by atoms with van der Waals surface area (Å²) in [6.45, 7) is 7.18. The first-order valence-electron chi connectivity index (χ1n) is 7.50. The average molecular weight is 310 g/mol. The molecule has 0 atom stereocenters. The van der Waals surface area contributed by atoms with Crippen LogP contribution in [-0.4, -0.2) is 30.9 Å². The van der Waals surface area contributed by atoms with E-state index >= 15 is 0 Å². The molecule has 0 aliphatic rings. The first-order valence-corrected chi connectivity index (χ1v) is 7.50. The van der Waals surface area contributed by atoms with Gasteiger partial charge in [0.25, 0.3) is 5.91 Å². The molecule has 0 radical (unpaired) electrons. The van der Waals surface area contributed by atoms with Crippen molar-refractivity contribution in [1.29, 1.82) is 0 Å². The highest BCUT2D eigenvalue weighted by atomic mass is 16.2. The lowest BCUT2D eigenvalue weighted by molar-refractivity contribution is 0.0939. The van der Waals surface area contributed by atoms with Crippen molar-refractivity contribution < 1.29 is 4.79 Å². The van der Waals surface area contributed by atoms with Gasteiger partial charge in [0.15, 0.2) is 0 Å². The second kappa shape index (κ2) is 6.12. The predicted octanol–water partition coefficient (Wildman–Crippen LogP) is 1.79. The van der Waals surface area contributed by atoms with Gasteiger partial charge in [0, 0.05) is 24.3 Å². The van der Waals surface area contributed by atoms with Crippen molar-refractivity contribution in [3.8, 4) is 0 Å². The Kier molecular flexibility index (Phi) is 4.01. The van der Waals surface area contributed by atoms with E-state index in [1.165, 1.54) is 0 Å². The highest BCUT2D eigenvalue weighted by Crippen LogP contribution is 2.13. The number of nitrogens with zero attached hydrogens (tertiary/aromatic N) is 5. The third-order valence-corrected chi connectivity index (χ3v) is 3.82. The Morgan fingerprint density at radius 2 is 1.91 bits per heavy atom. The lowest BCUT2D eigenvalue weighted by Crippen LogP contribution is -2.26. The van der Waals surface area contributed by atoms with Gasteiger partial charge in [-0.2, -0.15) is 5.10 Å². The number of hydrogen-bond donors (Lipinski definition) is 1. The van der Waals surface area contributed by atoms with E-state index in [-0.39, 0.29) is 11.7 Å². The third-order valence-electron chi connectivity index (χ3n) is 3.82. The minimum absolute atomic E-state index is 0.0712. The van der Waals surface area contributed by atoms with Crippen LogP contribution in [0.4, 0.5) is 0 Å². The zero-order chi connectivity index (χ0) is 16.4. The molecule has 0 saturated carbocycles. The van der Waals surface area contributed by atoms with E-state index in [2.05, 4.69) is 25.6 Å². The number of aryl methyl sites for hydroxylation is 2.